The molecule has 2 rings (SSSR count). The standard InChI is InChI=1S/C18H28FN3O3/c1-5-24-15-11-13(10-14(19)16(15)20)22-8-6-12(7-9-22)21-17(23)25-18(2,3)4/h10-12H,5-9,20H2,1-4H3,(H,21,23). The number of alkyl carbamates (subject to hydrolysis) is 1. The highest BCUT2D eigenvalue weighted by molar-refractivity contribution is 5.68. The predicted octanol–water partition coefficient (Wildman–Crippen LogP) is 3.30. The Labute approximate surface area is 148 Å². The number of benzene rings is 1. The summed E-state index contributed by atoms with van der Waals surface area (Å²) in [7, 11) is 0. The number of nitrogen functional groups attached to an aromatic ring is 1. The van der Waals surface area contributed by atoms with Crippen molar-refractivity contribution in [3.8, 4) is 5.75 Å². The van der Waals surface area contributed by atoms with Crippen molar-refractivity contribution in [1.29, 1.82) is 0 Å². The molecule has 1 amide bonds. The average molecular weight is 353 g/mol. The van der Waals surface area contributed by atoms with Crippen LogP contribution in [0.25, 0.3) is 0 Å². The summed E-state index contributed by atoms with van der Waals surface area (Å²) >= 11 is 0. The number of nitrogens with two attached hydrogens (primary N) is 1. The van der Waals surface area contributed by atoms with Crippen LogP contribution in [-0.2, 0) is 4.74 Å². The molecule has 0 radical (unpaired) electrons. The molecule has 0 saturated carbocycles. The minimum atomic E-state index is -0.512. The summed E-state index contributed by atoms with van der Waals surface area (Å²) in [5.41, 5.74) is 5.98. The van der Waals surface area contributed by atoms with Gasteiger partial charge in [0.1, 0.15) is 17.0 Å². The Morgan fingerprint density at radius 1 is 1.36 bits per heavy atom. The molecule has 7 heteroatoms. The molecule has 1 aromatic carbocycles. The van der Waals surface area contributed by atoms with Gasteiger partial charge in [-0.1, -0.05) is 0 Å². The smallest absolute Gasteiger partial charge is 0.407 e. The zero-order chi connectivity index (χ0) is 18.6. The van der Waals surface area contributed by atoms with Gasteiger partial charge in [0.25, 0.3) is 0 Å². The van der Waals surface area contributed by atoms with E-state index in [-0.39, 0.29) is 11.7 Å². The van der Waals surface area contributed by atoms with Gasteiger partial charge >= 0.3 is 6.09 Å². The fourth-order valence-corrected chi connectivity index (χ4v) is 2.79. The van der Waals surface area contributed by atoms with E-state index in [1.807, 2.05) is 27.7 Å². The Hall–Kier alpha value is -2.18. The highest BCUT2D eigenvalue weighted by Gasteiger charge is 2.24. The molecular formula is C18H28FN3O3. The third-order valence-corrected chi connectivity index (χ3v) is 3.96. The van der Waals surface area contributed by atoms with Crippen LogP contribution < -0.4 is 20.7 Å². The van der Waals surface area contributed by atoms with E-state index in [0.29, 0.717) is 25.4 Å². The lowest BCUT2D eigenvalue weighted by Crippen LogP contribution is -2.46. The zero-order valence-corrected chi connectivity index (χ0v) is 15.4. The number of rotatable bonds is 4. The number of halogens is 1. The second-order valence-electron chi connectivity index (χ2n) is 7.18. The first-order valence-corrected chi connectivity index (χ1v) is 8.66. The number of hydrogen-bond acceptors (Lipinski definition) is 5. The van der Waals surface area contributed by atoms with Crippen LogP contribution in [0, 0.1) is 5.82 Å². The molecule has 1 aliphatic rings. The van der Waals surface area contributed by atoms with Crippen molar-refractivity contribution in [2.75, 3.05) is 30.3 Å². The summed E-state index contributed by atoms with van der Waals surface area (Å²) in [5.74, 6) is -0.110. The molecule has 0 spiro atoms. The maximum Gasteiger partial charge on any atom is 0.407 e. The van der Waals surface area contributed by atoms with E-state index in [4.69, 9.17) is 15.2 Å². The first kappa shape index (κ1) is 19.1. The highest BCUT2D eigenvalue weighted by Crippen LogP contribution is 2.32. The van der Waals surface area contributed by atoms with E-state index in [0.717, 1.165) is 18.5 Å². The molecule has 1 heterocycles. The minimum Gasteiger partial charge on any atom is -0.492 e. The monoisotopic (exact) mass is 353 g/mol. The second kappa shape index (κ2) is 7.80. The second-order valence-corrected chi connectivity index (χ2v) is 7.18. The Kier molecular flexibility index (Phi) is 5.98. The SMILES string of the molecule is CCOc1cc(N2CCC(NC(=O)OC(C)(C)C)CC2)cc(F)c1N. The molecule has 3 N–H and O–H groups in total. The van der Waals surface area contributed by atoms with Crippen LogP contribution in [0.1, 0.15) is 40.5 Å². The van der Waals surface area contributed by atoms with E-state index < -0.39 is 17.5 Å². The van der Waals surface area contributed by atoms with Crippen molar-refractivity contribution < 1.29 is 18.7 Å². The van der Waals surface area contributed by atoms with Gasteiger partial charge in [0.15, 0.2) is 5.82 Å². The van der Waals surface area contributed by atoms with Crippen LogP contribution in [0.3, 0.4) is 0 Å². The van der Waals surface area contributed by atoms with Gasteiger partial charge < -0.3 is 25.4 Å². The van der Waals surface area contributed by atoms with E-state index in [2.05, 4.69) is 10.2 Å². The maximum absolute atomic E-state index is 14.0. The van der Waals surface area contributed by atoms with Gasteiger partial charge in [-0.15, -0.1) is 0 Å². The number of carbonyl (C=O) groups excluding carboxylic acids is 1. The van der Waals surface area contributed by atoms with Crippen LogP contribution in [0.2, 0.25) is 0 Å². The van der Waals surface area contributed by atoms with Crippen molar-refractivity contribution >= 4 is 17.5 Å². The molecule has 25 heavy (non-hydrogen) atoms. The van der Waals surface area contributed by atoms with Gasteiger partial charge in [-0.3, -0.25) is 0 Å². The molecule has 1 aromatic rings. The minimum absolute atomic E-state index is 0.0343. The Morgan fingerprint density at radius 3 is 2.56 bits per heavy atom. The van der Waals surface area contributed by atoms with Crippen molar-refractivity contribution in [1.82, 2.24) is 5.32 Å². The molecular weight excluding hydrogens is 325 g/mol. The quantitative estimate of drug-likeness (QED) is 0.812. The van der Waals surface area contributed by atoms with Gasteiger partial charge in [0.05, 0.1) is 6.61 Å². The van der Waals surface area contributed by atoms with Crippen LogP contribution in [0.15, 0.2) is 12.1 Å². The largest absolute Gasteiger partial charge is 0.492 e. The fraction of sp³-hybridized carbons (Fsp3) is 0.611. The summed E-state index contributed by atoms with van der Waals surface area (Å²) in [5, 5.41) is 2.89. The van der Waals surface area contributed by atoms with E-state index >= 15 is 0 Å². The third kappa shape index (κ3) is 5.41. The molecule has 0 atom stereocenters. The summed E-state index contributed by atoms with van der Waals surface area (Å²) in [6.07, 6.45) is 1.12. The van der Waals surface area contributed by atoms with Crippen molar-refractivity contribution in [2.24, 2.45) is 0 Å². The number of nitrogens with zero attached hydrogens (tertiary/aromatic N) is 1. The zero-order valence-electron chi connectivity index (χ0n) is 15.4. The number of amides is 1. The topological polar surface area (TPSA) is 76.8 Å². The summed E-state index contributed by atoms with van der Waals surface area (Å²) in [4.78, 5) is 13.9. The van der Waals surface area contributed by atoms with Crippen LogP contribution in [0.5, 0.6) is 5.75 Å². The number of anilines is 2. The van der Waals surface area contributed by atoms with Gasteiger partial charge in [0.2, 0.25) is 0 Å². The molecule has 140 valence electrons. The van der Waals surface area contributed by atoms with Gasteiger partial charge in [0, 0.05) is 30.9 Å². The van der Waals surface area contributed by atoms with Crippen LogP contribution in [-0.4, -0.2) is 37.4 Å². The number of hydrogen-bond donors (Lipinski definition) is 2. The molecule has 1 fully saturated rings. The number of piperidine rings is 1. The first-order chi connectivity index (χ1) is 11.7. The van der Waals surface area contributed by atoms with E-state index in [1.54, 1.807) is 6.07 Å². The fourth-order valence-electron chi connectivity index (χ4n) is 2.79. The van der Waals surface area contributed by atoms with E-state index in [9.17, 15) is 9.18 Å². The van der Waals surface area contributed by atoms with Crippen molar-refractivity contribution in [3.63, 3.8) is 0 Å². The normalized spacial score (nSPS) is 15.8. The van der Waals surface area contributed by atoms with Crippen molar-refractivity contribution in [3.05, 3.63) is 17.9 Å². The lowest BCUT2D eigenvalue weighted by molar-refractivity contribution is 0.0497. The molecule has 6 nitrogen and oxygen atoms in total. The molecule has 1 saturated heterocycles. The lowest BCUT2D eigenvalue weighted by atomic mass is 10.0. The molecule has 0 aromatic heterocycles. The number of ether oxygens (including phenoxy) is 2. The number of nitrogens with one attached hydrogen (secondary N) is 1. The summed E-state index contributed by atoms with van der Waals surface area (Å²) < 4.78 is 24.7. The Balaban J connectivity index is 1.95. The summed E-state index contributed by atoms with van der Waals surface area (Å²) in [6.45, 7) is 9.17. The van der Waals surface area contributed by atoms with Gasteiger partial charge in [-0.25, -0.2) is 9.18 Å². The molecule has 0 aliphatic carbocycles. The first-order valence-electron chi connectivity index (χ1n) is 8.66. The van der Waals surface area contributed by atoms with Gasteiger partial charge in [-0.2, -0.15) is 0 Å². The average Bonchev–Trinajstić information content (AvgIpc) is 2.50. The maximum atomic E-state index is 14.0. The Morgan fingerprint density at radius 2 is 2.00 bits per heavy atom. The Bertz CT molecular complexity index is 608. The summed E-state index contributed by atoms with van der Waals surface area (Å²) in [6, 6.07) is 3.25. The van der Waals surface area contributed by atoms with E-state index in [1.165, 1.54) is 6.07 Å². The molecule has 0 bridgehead atoms. The highest BCUT2D eigenvalue weighted by atomic mass is 19.1. The van der Waals surface area contributed by atoms with Gasteiger partial charge in [-0.05, 0) is 46.6 Å². The van der Waals surface area contributed by atoms with Crippen LogP contribution >= 0.6 is 0 Å². The molecule has 0 unspecified atom stereocenters. The third-order valence-electron chi connectivity index (χ3n) is 3.96. The van der Waals surface area contributed by atoms with Crippen molar-refractivity contribution in [2.45, 2.75) is 52.2 Å². The van der Waals surface area contributed by atoms with Crippen LogP contribution in [0.4, 0.5) is 20.6 Å². The number of carbonyl (C=O) groups is 1. The molecule has 1 aliphatic heterocycles. The lowest BCUT2D eigenvalue weighted by Gasteiger charge is -2.34. The predicted molar refractivity (Wildman–Crippen MR) is 96.6 cm³/mol.